The zero-order chi connectivity index (χ0) is 15.2. The highest BCUT2D eigenvalue weighted by molar-refractivity contribution is 7.14. The Hall–Kier alpha value is -1.72. The van der Waals surface area contributed by atoms with Gasteiger partial charge in [-0.05, 0) is 37.6 Å². The summed E-state index contributed by atoms with van der Waals surface area (Å²) in [5, 5.41) is 8.66. The number of hydrogen-bond acceptors (Lipinski definition) is 4. The van der Waals surface area contributed by atoms with E-state index in [0.29, 0.717) is 16.6 Å². The number of likely N-dealkylation sites (N-methyl/N-ethyl adjacent to an activating group) is 1. The van der Waals surface area contributed by atoms with Gasteiger partial charge in [0.1, 0.15) is 0 Å². The molecule has 0 aliphatic carbocycles. The molecule has 0 aliphatic heterocycles. The number of nitrogens with zero attached hydrogens (tertiary/aromatic N) is 1. The van der Waals surface area contributed by atoms with Crippen molar-refractivity contribution in [3.05, 3.63) is 46.5 Å². The highest BCUT2D eigenvalue weighted by atomic mass is 32.1. The van der Waals surface area contributed by atoms with Crippen molar-refractivity contribution in [3.63, 3.8) is 0 Å². The number of rotatable bonds is 6. The van der Waals surface area contributed by atoms with Crippen molar-refractivity contribution < 1.29 is 4.79 Å². The van der Waals surface area contributed by atoms with Gasteiger partial charge in [-0.3, -0.25) is 10.1 Å². The molecule has 0 aliphatic rings. The molecule has 112 valence electrons. The number of benzene rings is 1. The lowest BCUT2D eigenvalue weighted by molar-refractivity contribution is 0.102. The van der Waals surface area contributed by atoms with Crippen LogP contribution in [0.1, 0.15) is 41.4 Å². The third-order valence-electron chi connectivity index (χ3n) is 3.24. The van der Waals surface area contributed by atoms with Crippen LogP contribution in [0.15, 0.2) is 29.6 Å². The Balaban J connectivity index is 2.12. The number of hydrogen-bond donors (Lipinski definition) is 2. The molecule has 0 saturated carbocycles. The van der Waals surface area contributed by atoms with Gasteiger partial charge in [-0.15, -0.1) is 11.3 Å². The lowest BCUT2D eigenvalue weighted by atomic mass is 10.0. The molecule has 2 N–H and O–H groups in total. The molecule has 2 aromatic rings. The molecule has 1 heterocycles. The second-order valence-corrected chi connectivity index (χ2v) is 6.06. The first-order chi connectivity index (χ1) is 10.1. The van der Waals surface area contributed by atoms with Crippen LogP contribution in [-0.2, 0) is 6.42 Å². The minimum atomic E-state index is -0.0913. The third kappa shape index (κ3) is 4.12. The maximum absolute atomic E-state index is 12.4. The van der Waals surface area contributed by atoms with E-state index in [9.17, 15) is 4.79 Å². The maximum Gasteiger partial charge on any atom is 0.257 e. The van der Waals surface area contributed by atoms with Crippen molar-refractivity contribution >= 4 is 22.4 Å². The van der Waals surface area contributed by atoms with Gasteiger partial charge in [0, 0.05) is 10.9 Å². The minimum absolute atomic E-state index is 0.0913. The molecule has 1 amide bonds. The number of aromatic nitrogens is 1. The van der Waals surface area contributed by atoms with Crippen LogP contribution in [-0.4, -0.2) is 24.5 Å². The predicted molar refractivity (Wildman–Crippen MR) is 88.2 cm³/mol. The molecule has 0 radical (unpaired) electrons. The molecule has 21 heavy (non-hydrogen) atoms. The Morgan fingerprint density at radius 3 is 2.76 bits per heavy atom. The smallest absolute Gasteiger partial charge is 0.257 e. The zero-order valence-corrected chi connectivity index (χ0v) is 13.5. The van der Waals surface area contributed by atoms with Crippen molar-refractivity contribution in [2.45, 2.75) is 26.2 Å². The van der Waals surface area contributed by atoms with Crippen LogP contribution in [0.4, 0.5) is 5.13 Å². The fourth-order valence-electron chi connectivity index (χ4n) is 1.99. The summed E-state index contributed by atoms with van der Waals surface area (Å²) in [6.45, 7) is 5.03. The van der Waals surface area contributed by atoms with Crippen LogP contribution in [0.5, 0.6) is 0 Å². The Morgan fingerprint density at radius 1 is 1.33 bits per heavy atom. The Bertz CT molecular complexity index is 607. The van der Waals surface area contributed by atoms with Gasteiger partial charge in [0.25, 0.3) is 5.91 Å². The highest BCUT2D eigenvalue weighted by Crippen LogP contribution is 2.22. The summed E-state index contributed by atoms with van der Waals surface area (Å²) in [6.07, 6.45) is 0.829. The molecule has 0 fully saturated rings. The predicted octanol–water partition coefficient (Wildman–Crippen LogP) is 3.28. The first kappa shape index (κ1) is 15.7. The normalized spacial score (nSPS) is 10.9. The first-order valence-corrected chi connectivity index (χ1v) is 7.99. The molecule has 0 bridgehead atoms. The molecule has 1 aromatic heterocycles. The number of carbonyl (C=O) groups excluding carboxylic acids is 1. The summed E-state index contributed by atoms with van der Waals surface area (Å²) in [4.78, 5) is 16.9. The van der Waals surface area contributed by atoms with E-state index >= 15 is 0 Å². The Morgan fingerprint density at radius 2 is 2.10 bits per heavy atom. The molecule has 4 nitrogen and oxygen atoms in total. The molecule has 1 aromatic carbocycles. The second-order valence-electron chi connectivity index (χ2n) is 5.20. The van der Waals surface area contributed by atoms with Gasteiger partial charge in [-0.25, -0.2) is 4.98 Å². The fourth-order valence-corrected chi connectivity index (χ4v) is 2.86. The summed E-state index contributed by atoms with van der Waals surface area (Å²) in [7, 11) is 1.91. The summed E-state index contributed by atoms with van der Waals surface area (Å²) in [5.41, 5.74) is 2.78. The second kappa shape index (κ2) is 7.33. The number of nitrogens with one attached hydrogen (secondary N) is 2. The quantitative estimate of drug-likeness (QED) is 0.861. The number of carbonyl (C=O) groups is 1. The lowest BCUT2D eigenvalue weighted by Gasteiger charge is -2.08. The van der Waals surface area contributed by atoms with E-state index in [4.69, 9.17) is 0 Å². The average Bonchev–Trinajstić information content (AvgIpc) is 2.94. The van der Waals surface area contributed by atoms with Crippen molar-refractivity contribution in [1.82, 2.24) is 10.3 Å². The van der Waals surface area contributed by atoms with Crippen molar-refractivity contribution in [3.8, 4) is 0 Å². The molecule has 0 saturated heterocycles. The van der Waals surface area contributed by atoms with Gasteiger partial charge >= 0.3 is 0 Å². The molecule has 0 spiro atoms. The van der Waals surface area contributed by atoms with Crippen LogP contribution in [0.25, 0.3) is 0 Å². The SMILES string of the molecule is CNCCc1ccccc1C(=O)Nc1nc(C(C)C)cs1. The summed E-state index contributed by atoms with van der Waals surface area (Å²) >= 11 is 1.47. The van der Waals surface area contributed by atoms with E-state index in [1.807, 2.05) is 36.7 Å². The molecule has 5 heteroatoms. The van der Waals surface area contributed by atoms with Gasteiger partial charge < -0.3 is 5.32 Å². The van der Waals surface area contributed by atoms with E-state index in [2.05, 4.69) is 29.5 Å². The lowest BCUT2D eigenvalue weighted by Crippen LogP contribution is -2.17. The van der Waals surface area contributed by atoms with E-state index < -0.39 is 0 Å². The number of amides is 1. The monoisotopic (exact) mass is 303 g/mol. The summed E-state index contributed by atoms with van der Waals surface area (Å²) < 4.78 is 0. The maximum atomic E-state index is 12.4. The minimum Gasteiger partial charge on any atom is -0.319 e. The van der Waals surface area contributed by atoms with Crippen LogP contribution in [0.3, 0.4) is 0 Å². The molecule has 2 rings (SSSR count). The van der Waals surface area contributed by atoms with Crippen molar-refractivity contribution in [1.29, 1.82) is 0 Å². The zero-order valence-electron chi connectivity index (χ0n) is 12.6. The number of anilines is 1. The van der Waals surface area contributed by atoms with Crippen LogP contribution >= 0.6 is 11.3 Å². The highest BCUT2D eigenvalue weighted by Gasteiger charge is 2.13. The Labute approximate surface area is 129 Å². The summed E-state index contributed by atoms with van der Waals surface area (Å²) in [5.74, 6) is 0.279. The molecule has 0 atom stereocenters. The van der Waals surface area contributed by atoms with Crippen LogP contribution < -0.4 is 10.6 Å². The fraction of sp³-hybridized carbons (Fsp3) is 0.375. The van der Waals surface area contributed by atoms with E-state index in [1.54, 1.807) is 0 Å². The Kier molecular flexibility index (Phi) is 5.47. The van der Waals surface area contributed by atoms with Crippen molar-refractivity contribution in [2.24, 2.45) is 0 Å². The number of thiazole rings is 1. The van der Waals surface area contributed by atoms with Gasteiger partial charge in [0.2, 0.25) is 0 Å². The standard InChI is InChI=1S/C16H21N3OS/c1-11(2)14-10-21-16(18-14)19-15(20)13-7-5-4-6-12(13)8-9-17-3/h4-7,10-11,17H,8-9H2,1-3H3,(H,18,19,20). The van der Waals surface area contributed by atoms with E-state index in [0.717, 1.165) is 24.2 Å². The van der Waals surface area contributed by atoms with E-state index in [-0.39, 0.29) is 5.91 Å². The average molecular weight is 303 g/mol. The third-order valence-corrected chi connectivity index (χ3v) is 4.02. The van der Waals surface area contributed by atoms with E-state index in [1.165, 1.54) is 11.3 Å². The van der Waals surface area contributed by atoms with Gasteiger partial charge in [0.15, 0.2) is 5.13 Å². The largest absolute Gasteiger partial charge is 0.319 e. The molecule has 0 unspecified atom stereocenters. The summed E-state index contributed by atoms with van der Waals surface area (Å²) in [6, 6.07) is 7.70. The van der Waals surface area contributed by atoms with Gasteiger partial charge in [-0.1, -0.05) is 32.0 Å². The topological polar surface area (TPSA) is 54.0 Å². The van der Waals surface area contributed by atoms with Gasteiger partial charge in [0.05, 0.1) is 5.69 Å². The van der Waals surface area contributed by atoms with Gasteiger partial charge in [-0.2, -0.15) is 0 Å². The van der Waals surface area contributed by atoms with Crippen molar-refractivity contribution in [2.75, 3.05) is 18.9 Å². The molecular weight excluding hydrogens is 282 g/mol. The molecular formula is C16H21N3OS. The van der Waals surface area contributed by atoms with Crippen LogP contribution in [0.2, 0.25) is 0 Å². The van der Waals surface area contributed by atoms with Crippen LogP contribution in [0, 0.1) is 0 Å². The first-order valence-electron chi connectivity index (χ1n) is 7.11.